The number of aliphatic hydroxyl groups is 1. The molecule has 1 rings (SSSR count). The summed E-state index contributed by atoms with van der Waals surface area (Å²) < 4.78 is 0. The Morgan fingerprint density at radius 3 is 2.67 bits per heavy atom. The molecule has 0 saturated carbocycles. The van der Waals surface area contributed by atoms with Crippen LogP contribution in [0.5, 0.6) is 0 Å². The minimum absolute atomic E-state index is 0.328. The number of aromatic nitrogens is 1. The summed E-state index contributed by atoms with van der Waals surface area (Å²) in [7, 11) is 0. The van der Waals surface area contributed by atoms with Crippen molar-refractivity contribution in [2.75, 3.05) is 0 Å². The van der Waals surface area contributed by atoms with E-state index in [9.17, 15) is 5.11 Å². The van der Waals surface area contributed by atoms with Gasteiger partial charge in [0.1, 0.15) is 0 Å². The molecule has 0 aliphatic heterocycles. The van der Waals surface area contributed by atoms with Gasteiger partial charge in [-0.05, 0) is 42.4 Å². The Morgan fingerprint density at radius 2 is 2.07 bits per heavy atom. The molecule has 0 aliphatic rings. The van der Waals surface area contributed by atoms with Crippen molar-refractivity contribution in [2.24, 2.45) is 5.92 Å². The van der Waals surface area contributed by atoms with Gasteiger partial charge in [-0.2, -0.15) is 0 Å². The van der Waals surface area contributed by atoms with Gasteiger partial charge in [0, 0.05) is 12.4 Å². The van der Waals surface area contributed by atoms with Crippen molar-refractivity contribution in [1.82, 2.24) is 4.98 Å². The van der Waals surface area contributed by atoms with Crippen molar-refractivity contribution in [3.05, 3.63) is 29.6 Å². The quantitative estimate of drug-likeness (QED) is 0.804. The number of nitrogens with zero attached hydrogens (tertiary/aromatic N) is 1. The highest BCUT2D eigenvalue weighted by Gasteiger charge is 2.11. The van der Waals surface area contributed by atoms with E-state index in [2.05, 4.69) is 25.8 Å². The Labute approximate surface area is 92.4 Å². The summed E-state index contributed by atoms with van der Waals surface area (Å²) in [5, 5.41) is 10.1. The first-order valence-corrected chi connectivity index (χ1v) is 5.76. The number of aryl methyl sites for hydroxylation is 1. The van der Waals surface area contributed by atoms with Crippen LogP contribution in [0.25, 0.3) is 0 Å². The summed E-state index contributed by atoms with van der Waals surface area (Å²) in [6, 6.07) is 1.93. The molecule has 1 N–H and O–H groups in total. The van der Waals surface area contributed by atoms with Crippen LogP contribution >= 0.6 is 0 Å². The summed E-state index contributed by atoms with van der Waals surface area (Å²) in [6.45, 7) is 6.45. The van der Waals surface area contributed by atoms with Crippen LogP contribution in [0.15, 0.2) is 18.5 Å². The van der Waals surface area contributed by atoms with Crippen molar-refractivity contribution in [1.29, 1.82) is 0 Å². The monoisotopic (exact) mass is 207 g/mol. The minimum Gasteiger partial charge on any atom is -0.388 e. The largest absolute Gasteiger partial charge is 0.388 e. The molecule has 1 atom stereocenters. The molecule has 84 valence electrons. The normalized spacial score (nSPS) is 13.1. The number of rotatable bonds is 5. The predicted octanol–water partition coefficient (Wildman–Crippen LogP) is 3.11. The third-order valence-corrected chi connectivity index (χ3v) is 2.70. The maximum absolute atomic E-state index is 10.1. The molecule has 2 heteroatoms. The summed E-state index contributed by atoms with van der Waals surface area (Å²) in [4.78, 5) is 4.08. The number of hydrogen-bond acceptors (Lipinski definition) is 2. The molecule has 1 heterocycles. The fourth-order valence-electron chi connectivity index (χ4n) is 1.71. The number of hydrogen-bond donors (Lipinski definition) is 1. The lowest BCUT2D eigenvalue weighted by Gasteiger charge is -2.15. The molecular formula is C13H21NO. The molecule has 1 unspecified atom stereocenters. The Kier molecular flexibility index (Phi) is 4.76. The molecule has 0 fully saturated rings. The molecule has 0 aromatic carbocycles. The molecule has 0 saturated heterocycles. The van der Waals surface area contributed by atoms with Crippen molar-refractivity contribution in [3.63, 3.8) is 0 Å². The first-order valence-electron chi connectivity index (χ1n) is 5.76. The van der Waals surface area contributed by atoms with E-state index < -0.39 is 0 Å². The number of pyridine rings is 1. The Balaban J connectivity index is 2.68. The third kappa shape index (κ3) is 3.63. The van der Waals surface area contributed by atoms with E-state index in [0.29, 0.717) is 5.92 Å². The van der Waals surface area contributed by atoms with Crippen LogP contribution in [0.1, 0.15) is 50.8 Å². The highest BCUT2D eigenvalue weighted by atomic mass is 16.3. The molecule has 0 radical (unpaired) electrons. The van der Waals surface area contributed by atoms with Gasteiger partial charge in [0.2, 0.25) is 0 Å². The van der Waals surface area contributed by atoms with Gasteiger partial charge in [0.15, 0.2) is 0 Å². The van der Waals surface area contributed by atoms with E-state index in [1.165, 1.54) is 0 Å². The van der Waals surface area contributed by atoms with E-state index in [4.69, 9.17) is 0 Å². The molecule has 0 bridgehead atoms. The molecule has 15 heavy (non-hydrogen) atoms. The second kappa shape index (κ2) is 5.86. The van der Waals surface area contributed by atoms with Crippen molar-refractivity contribution < 1.29 is 5.11 Å². The molecule has 2 nitrogen and oxygen atoms in total. The van der Waals surface area contributed by atoms with E-state index in [0.717, 1.165) is 30.4 Å². The zero-order valence-electron chi connectivity index (χ0n) is 9.90. The van der Waals surface area contributed by atoms with Crippen LogP contribution in [0, 0.1) is 5.92 Å². The van der Waals surface area contributed by atoms with Gasteiger partial charge < -0.3 is 5.11 Å². The lowest BCUT2D eigenvalue weighted by Crippen LogP contribution is -2.03. The van der Waals surface area contributed by atoms with Crippen LogP contribution in [0.3, 0.4) is 0 Å². The van der Waals surface area contributed by atoms with Crippen molar-refractivity contribution >= 4 is 0 Å². The summed E-state index contributed by atoms with van der Waals surface area (Å²) in [5.74, 6) is 0.645. The maximum atomic E-state index is 10.1. The number of aliphatic hydroxyl groups excluding tert-OH is 1. The Bertz CT molecular complexity index is 296. The first-order chi connectivity index (χ1) is 7.15. The van der Waals surface area contributed by atoms with Crippen LogP contribution in [-0.2, 0) is 6.42 Å². The van der Waals surface area contributed by atoms with Crippen LogP contribution in [-0.4, -0.2) is 10.1 Å². The maximum Gasteiger partial charge on any atom is 0.0793 e. The van der Waals surface area contributed by atoms with Crippen molar-refractivity contribution in [2.45, 2.75) is 46.1 Å². The average molecular weight is 207 g/mol. The van der Waals surface area contributed by atoms with Crippen LogP contribution in [0.4, 0.5) is 0 Å². The highest BCUT2D eigenvalue weighted by molar-refractivity contribution is 5.25. The summed E-state index contributed by atoms with van der Waals surface area (Å²) in [6.07, 6.45) is 6.12. The SMILES string of the molecule is CCc1cnccc1C(O)CCC(C)C. The summed E-state index contributed by atoms with van der Waals surface area (Å²) in [5.41, 5.74) is 2.21. The second-order valence-corrected chi connectivity index (χ2v) is 4.42. The van der Waals surface area contributed by atoms with Crippen LogP contribution < -0.4 is 0 Å². The predicted molar refractivity (Wildman–Crippen MR) is 62.6 cm³/mol. The van der Waals surface area contributed by atoms with Gasteiger partial charge in [0.05, 0.1) is 6.10 Å². The molecule has 1 aromatic rings. The first kappa shape index (κ1) is 12.2. The van der Waals surface area contributed by atoms with Gasteiger partial charge in [-0.25, -0.2) is 0 Å². The van der Waals surface area contributed by atoms with Crippen molar-refractivity contribution in [3.8, 4) is 0 Å². The van der Waals surface area contributed by atoms with Gasteiger partial charge in [-0.3, -0.25) is 4.98 Å². The Morgan fingerprint density at radius 1 is 1.33 bits per heavy atom. The topological polar surface area (TPSA) is 33.1 Å². The zero-order valence-corrected chi connectivity index (χ0v) is 9.90. The van der Waals surface area contributed by atoms with Gasteiger partial charge >= 0.3 is 0 Å². The smallest absolute Gasteiger partial charge is 0.0793 e. The lowest BCUT2D eigenvalue weighted by molar-refractivity contribution is 0.158. The van der Waals surface area contributed by atoms with E-state index >= 15 is 0 Å². The standard InChI is InChI=1S/C13H21NO/c1-4-11-9-14-8-7-12(11)13(15)6-5-10(2)3/h7-10,13,15H,4-6H2,1-3H3. The lowest BCUT2D eigenvalue weighted by atomic mass is 9.97. The molecule has 0 amide bonds. The van der Waals surface area contributed by atoms with E-state index in [1.54, 1.807) is 6.20 Å². The van der Waals surface area contributed by atoms with Gasteiger partial charge in [0.25, 0.3) is 0 Å². The molecule has 1 aromatic heterocycles. The highest BCUT2D eigenvalue weighted by Crippen LogP contribution is 2.23. The fourth-order valence-corrected chi connectivity index (χ4v) is 1.71. The van der Waals surface area contributed by atoms with Gasteiger partial charge in [-0.15, -0.1) is 0 Å². The Hall–Kier alpha value is -0.890. The summed E-state index contributed by atoms with van der Waals surface area (Å²) >= 11 is 0. The average Bonchev–Trinajstić information content (AvgIpc) is 2.25. The minimum atomic E-state index is -0.328. The van der Waals surface area contributed by atoms with Gasteiger partial charge in [-0.1, -0.05) is 20.8 Å². The molecular weight excluding hydrogens is 186 g/mol. The van der Waals surface area contributed by atoms with Crippen LogP contribution in [0.2, 0.25) is 0 Å². The molecule has 0 spiro atoms. The van der Waals surface area contributed by atoms with E-state index in [-0.39, 0.29) is 6.10 Å². The third-order valence-electron chi connectivity index (χ3n) is 2.70. The van der Waals surface area contributed by atoms with E-state index in [1.807, 2.05) is 12.3 Å². The fraction of sp³-hybridized carbons (Fsp3) is 0.615. The second-order valence-electron chi connectivity index (χ2n) is 4.42. The molecule has 0 aliphatic carbocycles. The zero-order chi connectivity index (χ0) is 11.3.